The van der Waals surface area contributed by atoms with Crippen LogP contribution in [0.4, 0.5) is 0 Å². The second-order valence-electron chi connectivity index (χ2n) is 5.10. The van der Waals surface area contributed by atoms with Gasteiger partial charge in [0.2, 0.25) is 11.8 Å². The molecule has 0 radical (unpaired) electrons. The van der Waals surface area contributed by atoms with Crippen molar-refractivity contribution in [3.8, 4) is 0 Å². The van der Waals surface area contributed by atoms with E-state index in [4.69, 9.17) is 5.73 Å². The normalized spacial score (nSPS) is 11.5. The summed E-state index contributed by atoms with van der Waals surface area (Å²) < 4.78 is 0. The molecule has 124 valence electrons. The number of benzene rings is 2. The van der Waals surface area contributed by atoms with Crippen molar-refractivity contribution in [3.05, 3.63) is 71.8 Å². The molecule has 2 rings (SSSR count). The van der Waals surface area contributed by atoms with Gasteiger partial charge in [-0.1, -0.05) is 60.7 Å². The lowest BCUT2D eigenvalue weighted by atomic mass is 10.1. The molecule has 1 atom stereocenters. The molecule has 0 bridgehead atoms. The first-order chi connectivity index (χ1) is 11.6. The van der Waals surface area contributed by atoms with Gasteiger partial charge >= 0.3 is 0 Å². The van der Waals surface area contributed by atoms with E-state index in [1.165, 1.54) is 11.8 Å². The maximum absolute atomic E-state index is 12.0. The Morgan fingerprint density at radius 2 is 1.50 bits per heavy atom. The number of primary amides is 1. The standard InChI is InChI=1S/C18H18N2O3S/c19-18(23)17(14-9-5-2-6-10-14)20-16(22)12-24-11-15(21)13-7-3-1-4-8-13/h1-10,17H,11-12H2,(H2,19,23)(H,20,22)/t17-/m1/s1. The summed E-state index contributed by atoms with van der Waals surface area (Å²) in [5, 5.41) is 2.60. The van der Waals surface area contributed by atoms with Gasteiger partial charge in [0.1, 0.15) is 6.04 Å². The van der Waals surface area contributed by atoms with Gasteiger partial charge in [-0.3, -0.25) is 14.4 Å². The molecular formula is C18H18N2O3S. The summed E-state index contributed by atoms with van der Waals surface area (Å²) >= 11 is 1.20. The number of nitrogens with one attached hydrogen (secondary N) is 1. The number of hydrogen-bond acceptors (Lipinski definition) is 4. The van der Waals surface area contributed by atoms with Gasteiger partial charge in [-0.05, 0) is 5.56 Å². The highest BCUT2D eigenvalue weighted by Crippen LogP contribution is 2.13. The van der Waals surface area contributed by atoms with Crippen LogP contribution in [0.1, 0.15) is 22.0 Å². The van der Waals surface area contributed by atoms with Gasteiger partial charge in [-0.25, -0.2) is 0 Å². The summed E-state index contributed by atoms with van der Waals surface area (Å²) in [4.78, 5) is 35.5. The molecule has 0 fully saturated rings. The lowest BCUT2D eigenvalue weighted by Crippen LogP contribution is -2.38. The lowest BCUT2D eigenvalue weighted by molar-refractivity contribution is -0.126. The Morgan fingerprint density at radius 1 is 0.917 bits per heavy atom. The van der Waals surface area contributed by atoms with Crippen LogP contribution in [0.25, 0.3) is 0 Å². The molecule has 0 aliphatic carbocycles. The van der Waals surface area contributed by atoms with E-state index in [2.05, 4.69) is 5.32 Å². The number of rotatable bonds is 8. The summed E-state index contributed by atoms with van der Waals surface area (Å²) in [6, 6.07) is 16.8. The van der Waals surface area contributed by atoms with Gasteiger partial charge in [-0.2, -0.15) is 0 Å². The van der Waals surface area contributed by atoms with Gasteiger partial charge in [0, 0.05) is 5.56 Å². The molecule has 2 amide bonds. The van der Waals surface area contributed by atoms with E-state index < -0.39 is 11.9 Å². The average molecular weight is 342 g/mol. The molecule has 0 aromatic heterocycles. The molecule has 0 saturated carbocycles. The fourth-order valence-corrected chi connectivity index (χ4v) is 2.83. The Hall–Kier alpha value is -2.60. The van der Waals surface area contributed by atoms with E-state index >= 15 is 0 Å². The Morgan fingerprint density at radius 3 is 2.08 bits per heavy atom. The molecule has 0 aliphatic rings. The predicted octanol–water partition coefficient (Wildman–Crippen LogP) is 1.95. The number of ketones is 1. The van der Waals surface area contributed by atoms with E-state index in [0.29, 0.717) is 11.1 Å². The molecule has 0 spiro atoms. The van der Waals surface area contributed by atoms with E-state index in [1.54, 1.807) is 48.5 Å². The van der Waals surface area contributed by atoms with Crippen LogP contribution in [0.15, 0.2) is 60.7 Å². The number of Topliss-reactive ketones (excluding diaryl/α,β-unsaturated/α-hetero) is 1. The van der Waals surface area contributed by atoms with E-state index in [9.17, 15) is 14.4 Å². The molecule has 5 nitrogen and oxygen atoms in total. The number of thioether (sulfide) groups is 1. The Bertz CT molecular complexity index is 705. The van der Waals surface area contributed by atoms with Crippen molar-refractivity contribution in [1.29, 1.82) is 0 Å². The summed E-state index contributed by atoms with van der Waals surface area (Å²) in [5.74, 6) is -0.726. The minimum Gasteiger partial charge on any atom is -0.368 e. The highest BCUT2D eigenvalue weighted by molar-refractivity contribution is 8.00. The largest absolute Gasteiger partial charge is 0.368 e. The van der Waals surface area contributed by atoms with Crippen molar-refractivity contribution < 1.29 is 14.4 Å². The number of carbonyl (C=O) groups excluding carboxylic acids is 3. The third kappa shape index (κ3) is 5.24. The van der Waals surface area contributed by atoms with Gasteiger partial charge in [0.15, 0.2) is 5.78 Å². The van der Waals surface area contributed by atoms with Crippen molar-refractivity contribution in [3.63, 3.8) is 0 Å². The van der Waals surface area contributed by atoms with Crippen LogP contribution in [-0.4, -0.2) is 29.1 Å². The molecule has 0 unspecified atom stereocenters. The zero-order valence-electron chi connectivity index (χ0n) is 13.0. The fourth-order valence-electron chi connectivity index (χ4n) is 2.11. The quantitative estimate of drug-likeness (QED) is 0.718. The maximum atomic E-state index is 12.0. The van der Waals surface area contributed by atoms with Crippen molar-refractivity contribution in [2.75, 3.05) is 11.5 Å². The molecule has 0 heterocycles. The van der Waals surface area contributed by atoms with E-state index in [-0.39, 0.29) is 23.2 Å². The van der Waals surface area contributed by atoms with Crippen LogP contribution in [0.2, 0.25) is 0 Å². The number of nitrogens with two attached hydrogens (primary N) is 1. The highest BCUT2D eigenvalue weighted by atomic mass is 32.2. The molecule has 0 saturated heterocycles. The van der Waals surface area contributed by atoms with Crippen LogP contribution in [-0.2, 0) is 9.59 Å². The monoisotopic (exact) mass is 342 g/mol. The summed E-state index contributed by atoms with van der Waals surface area (Å²) in [6.07, 6.45) is 0. The third-order valence-electron chi connectivity index (χ3n) is 3.28. The fraction of sp³-hybridized carbons (Fsp3) is 0.167. The summed E-state index contributed by atoms with van der Waals surface area (Å²) in [5.41, 5.74) is 6.60. The van der Waals surface area contributed by atoms with Gasteiger partial charge in [0.05, 0.1) is 11.5 Å². The zero-order chi connectivity index (χ0) is 17.4. The highest BCUT2D eigenvalue weighted by Gasteiger charge is 2.20. The Kier molecular flexibility index (Phi) is 6.57. The molecule has 24 heavy (non-hydrogen) atoms. The van der Waals surface area contributed by atoms with Gasteiger partial charge in [0.25, 0.3) is 0 Å². The first-order valence-electron chi connectivity index (χ1n) is 7.37. The zero-order valence-corrected chi connectivity index (χ0v) is 13.8. The van der Waals surface area contributed by atoms with Crippen LogP contribution in [0.3, 0.4) is 0 Å². The molecular weight excluding hydrogens is 324 g/mol. The number of amides is 2. The van der Waals surface area contributed by atoms with Crippen molar-refractivity contribution in [2.24, 2.45) is 5.73 Å². The molecule has 0 aliphatic heterocycles. The Balaban J connectivity index is 1.84. The smallest absolute Gasteiger partial charge is 0.244 e. The minimum absolute atomic E-state index is 0.0390. The van der Waals surface area contributed by atoms with Crippen molar-refractivity contribution in [2.45, 2.75) is 6.04 Å². The number of hydrogen-bond donors (Lipinski definition) is 2. The number of carbonyl (C=O) groups is 3. The third-order valence-corrected chi connectivity index (χ3v) is 4.22. The minimum atomic E-state index is -0.871. The maximum Gasteiger partial charge on any atom is 0.244 e. The van der Waals surface area contributed by atoms with Crippen LogP contribution in [0, 0.1) is 0 Å². The molecule has 6 heteroatoms. The SMILES string of the molecule is NC(=O)[C@H](NC(=O)CSCC(=O)c1ccccc1)c1ccccc1. The lowest BCUT2D eigenvalue weighted by Gasteiger charge is -2.15. The molecule has 2 aromatic rings. The van der Waals surface area contributed by atoms with Gasteiger partial charge < -0.3 is 11.1 Å². The first kappa shape index (κ1) is 17.7. The van der Waals surface area contributed by atoms with Gasteiger partial charge in [-0.15, -0.1) is 11.8 Å². The summed E-state index contributed by atoms with van der Waals surface area (Å²) in [6.45, 7) is 0. The predicted molar refractivity (Wildman–Crippen MR) is 94.6 cm³/mol. The van der Waals surface area contributed by atoms with Crippen molar-refractivity contribution >= 4 is 29.4 Å². The molecule has 3 N–H and O–H groups in total. The second-order valence-corrected chi connectivity index (χ2v) is 6.08. The summed E-state index contributed by atoms with van der Waals surface area (Å²) in [7, 11) is 0. The topological polar surface area (TPSA) is 89.3 Å². The van der Waals surface area contributed by atoms with Crippen molar-refractivity contribution in [1.82, 2.24) is 5.32 Å². The van der Waals surface area contributed by atoms with E-state index in [1.807, 2.05) is 12.1 Å². The second kappa shape index (κ2) is 8.88. The first-order valence-corrected chi connectivity index (χ1v) is 8.53. The van der Waals surface area contributed by atoms with Crippen LogP contribution >= 0.6 is 11.8 Å². The molecule has 2 aromatic carbocycles. The van der Waals surface area contributed by atoms with Crippen LogP contribution < -0.4 is 11.1 Å². The van der Waals surface area contributed by atoms with E-state index in [0.717, 1.165) is 0 Å². The van der Waals surface area contributed by atoms with Crippen LogP contribution in [0.5, 0.6) is 0 Å². The Labute approximate surface area is 144 Å². The average Bonchev–Trinajstić information content (AvgIpc) is 2.61.